The van der Waals surface area contributed by atoms with E-state index in [4.69, 9.17) is 18.9 Å². The maximum Gasteiger partial charge on any atom is 0.262 e. The third-order valence-corrected chi connectivity index (χ3v) is 6.90. The van der Waals surface area contributed by atoms with Crippen molar-refractivity contribution in [3.8, 4) is 11.5 Å². The number of hydrogen-bond acceptors (Lipinski definition) is 7. The first-order valence-corrected chi connectivity index (χ1v) is 12.0. The number of rotatable bonds is 9. The van der Waals surface area contributed by atoms with Gasteiger partial charge in [0.2, 0.25) is 5.91 Å². The first-order chi connectivity index (χ1) is 16.9. The number of anilines is 1. The summed E-state index contributed by atoms with van der Waals surface area (Å²) >= 11 is 1.25. The van der Waals surface area contributed by atoms with Crippen LogP contribution in [-0.2, 0) is 11.3 Å². The third kappa shape index (κ3) is 5.35. The van der Waals surface area contributed by atoms with Gasteiger partial charge in [-0.2, -0.15) is 0 Å². The van der Waals surface area contributed by atoms with Crippen molar-refractivity contribution < 1.29 is 18.7 Å². The number of nitrogens with one attached hydrogen (secondary N) is 1. The van der Waals surface area contributed by atoms with Crippen LogP contribution < -0.4 is 20.3 Å². The third-order valence-electron chi connectivity index (χ3n) is 5.55. The highest BCUT2D eigenvalue weighted by molar-refractivity contribution is 8.00. The topological polar surface area (TPSA) is 95.6 Å². The predicted octanol–water partition coefficient (Wildman–Crippen LogP) is 4.87. The minimum atomic E-state index is -0.469. The lowest BCUT2D eigenvalue weighted by Crippen LogP contribution is -2.28. The summed E-state index contributed by atoms with van der Waals surface area (Å²) in [6.07, 6.45) is 2.10. The number of nitrogens with zero attached hydrogens (tertiary/aromatic N) is 2. The number of aryl methyl sites for hydroxylation is 1. The second kappa shape index (κ2) is 10.7. The maximum atomic E-state index is 13.6. The Bertz CT molecular complexity index is 1380. The van der Waals surface area contributed by atoms with Crippen LogP contribution in [0.4, 0.5) is 5.69 Å². The van der Waals surface area contributed by atoms with E-state index in [0.29, 0.717) is 39.7 Å². The fourth-order valence-electron chi connectivity index (χ4n) is 3.62. The van der Waals surface area contributed by atoms with E-state index >= 15 is 0 Å². The number of amides is 1. The van der Waals surface area contributed by atoms with Crippen LogP contribution >= 0.6 is 11.8 Å². The zero-order valence-electron chi connectivity index (χ0n) is 20.0. The lowest BCUT2D eigenvalue weighted by molar-refractivity contribution is -0.115. The number of hydrogen-bond donors (Lipinski definition) is 1. The average Bonchev–Trinajstić information content (AvgIpc) is 3.38. The Morgan fingerprint density at radius 3 is 2.49 bits per heavy atom. The normalized spacial score (nSPS) is 11.9. The first-order valence-electron chi connectivity index (χ1n) is 11.2. The second-order valence-corrected chi connectivity index (χ2v) is 9.13. The zero-order valence-corrected chi connectivity index (χ0v) is 20.8. The molecule has 2 aromatic carbocycles. The average molecular weight is 494 g/mol. The molecule has 0 aliphatic heterocycles. The molecule has 2 aromatic heterocycles. The summed E-state index contributed by atoms with van der Waals surface area (Å²) < 4.78 is 17.8. The summed E-state index contributed by atoms with van der Waals surface area (Å²) in [5.74, 6) is 1.35. The Kier molecular flexibility index (Phi) is 7.45. The molecule has 0 radical (unpaired) electrons. The van der Waals surface area contributed by atoms with E-state index in [1.165, 1.54) is 30.5 Å². The Balaban J connectivity index is 1.75. The number of furan rings is 1. The van der Waals surface area contributed by atoms with Crippen molar-refractivity contribution in [3.05, 3.63) is 76.5 Å². The summed E-state index contributed by atoms with van der Waals surface area (Å²) in [5.41, 5.74) is 2.03. The van der Waals surface area contributed by atoms with Gasteiger partial charge < -0.3 is 19.2 Å². The van der Waals surface area contributed by atoms with E-state index in [9.17, 15) is 9.59 Å². The summed E-state index contributed by atoms with van der Waals surface area (Å²) in [5, 5.41) is 3.29. The molecule has 0 bridgehead atoms. The molecule has 2 heterocycles. The quantitative estimate of drug-likeness (QED) is 0.262. The highest BCUT2D eigenvalue weighted by Crippen LogP contribution is 2.32. The molecular formula is C26H27N3O5S. The van der Waals surface area contributed by atoms with E-state index < -0.39 is 5.25 Å². The van der Waals surface area contributed by atoms with Crippen LogP contribution in [0.25, 0.3) is 10.9 Å². The van der Waals surface area contributed by atoms with Crippen molar-refractivity contribution >= 4 is 34.3 Å². The van der Waals surface area contributed by atoms with Gasteiger partial charge in [-0.25, -0.2) is 4.98 Å². The number of ether oxygens (including phenoxy) is 2. The fraction of sp³-hybridized carbons (Fsp3) is 0.269. The van der Waals surface area contributed by atoms with Gasteiger partial charge in [0.1, 0.15) is 5.76 Å². The molecule has 1 amide bonds. The molecule has 35 heavy (non-hydrogen) atoms. The van der Waals surface area contributed by atoms with Gasteiger partial charge in [0.15, 0.2) is 16.7 Å². The van der Waals surface area contributed by atoms with Crippen molar-refractivity contribution in [2.45, 2.75) is 37.2 Å². The molecule has 8 nitrogen and oxygen atoms in total. The van der Waals surface area contributed by atoms with E-state index in [0.717, 1.165) is 11.3 Å². The molecule has 0 saturated heterocycles. The van der Waals surface area contributed by atoms with Crippen molar-refractivity contribution in [1.82, 2.24) is 9.55 Å². The summed E-state index contributed by atoms with van der Waals surface area (Å²) in [6.45, 7) is 4.10. The molecule has 4 rings (SSSR count). The van der Waals surface area contributed by atoms with Gasteiger partial charge in [-0.05, 0) is 43.7 Å². The molecule has 1 atom stereocenters. The lowest BCUT2D eigenvalue weighted by Gasteiger charge is -2.18. The van der Waals surface area contributed by atoms with Crippen LogP contribution in [0.15, 0.2) is 69.2 Å². The fourth-order valence-corrected chi connectivity index (χ4v) is 4.64. The summed E-state index contributed by atoms with van der Waals surface area (Å²) in [4.78, 5) is 31.4. The van der Waals surface area contributed by atoms with E-state index in [1.807, 2.05) is 38.1 Å². The number of thioether (sulfide) groups is 1. The largest absolute Gasteiger partial charge is 0.493 e. The van der Waals surface area contributed by atoms with E-state index in [-0.39, 0.29) is 18.0 Å². The zero-order chi connectivity index (χ0) is 24.9. The lowest BCUT2D eigenvalue weighted by atomic mass is 10.2. The number of benzene rings is 2. The number of methoxy groups -OCH3 is 2. The van der Waals surface area contributed by atoms with Crippen LogP contribution in [-0.4, -0.2) is 34.9 Å². The van der Waals surface area contributed by atoms with Gasteiger partial charge in [-0.1, -0.05) is 36.4 Å². The molecule has 4 aromatic rings. The van der Waals surface area contributed by atoms with Crippen LogP contribution in [0.5, 0.6) is 11.5 Å². The first kappa shape index (κ1) is 24.4. The maximum absolute atomic E-state index is 13.6. The minimum absolute atomic E-state index is 0.160. The van der Waals surface area contributed by atoms with Gasteiger partial charge >= 0.3 is 0 Å². The Morgan fingerprint density at radius 1 is 1.14 bits per heavy atom. The molecule has 0 unspecified atom stereocenters. The molecule has 182 valence electrons. The number of aromatic nitrogens is 2. The Labute approximate surface area is 207 Å². The summed E-state index contributed by atoms with van der Waals surface area (Å²) in [6, 6.07) is 14.5. The monoisotopic (exact) mass is 493 g/mol. The molecule has 0 aliphatic rings. The van der Waals surface area contributed by atoms with Gasteiger partial charge in [-0.15, -0.1) is 0 Å². The van der Waals surface area contributed by atoms with Gasteiger partial charge in [0, 0.05) is 11.8 Å². The molecule has 9 heteroatoms. The van der Waals surface area contributed by atoms with Crippen LogP contribution in [0, 0.1) is 6.92 Å². The van der Waals surface area contributed by atoms with Gasteiger partial charge in [0.05, 0.1) is 43.2 Å². The van der Waals surface area contributed by atoms with Crippen LogP contribution in [0.3, 0.4) is 0 Å². The number of fused-ring (bicyclic) bond motifs is 1. The molecule has 0 aliphatic carbocycles. The van der Waals surface area contributed by atoms with E-state index in [2.05, 4.69) is 5.32 Å². The molecular weight excluding hydrogens is 466 g/mol. The second-order valence-electron chi connectivity index (χ2n) is 7.96. The Morgan fingerprint density at radius 2 is 1.86 bits per heavy atom. The van der Waals surface area contributed by atoms with Crippen molar-refractivity contribution in [1.29, 1.82) is 0 Å². The highest BCUT2D eigenvalue weighted by atomic mass is 32.2. The van der Waals surface area contributed by atoms with Crippen molar-refractivity contribution in [2.24, 2.45) is 0 Å². The molecule has 1 N–H and O–H groups in total. The Hall–Kier alpha value is -3.72. The van der Waals surface area contributed by atoms with E-state index in [1.54, 1.807) is 30.5 Å². The SMILES string of the molecule is CC[C@@H](Sc1nc2cc(OC)c(OC)cc2c(=O)n1Cc1ccco1)C(=O)Nc1ccc(C)cc1. The smallest absolute Gasteiger partial charge is 0.262 e. The van der Waals surface area contributed by atoms with Crippen LogP contribution in [0.1, 0.15) is 24.7 Å². The van der Waals surface area contributed by atoms with Gasteiger partial charge in [-0.3, -0.25) is 14.2 Å². The molecule has 0 saturated carbocycles. The number of carbonyl (C=O) groups excluding carboxylic acids is 1. The van der Waals surface area contributed by atoms with Crippen LogP contribution in [0.2, 0.25) is 0 Å². The van der Waals surface area contributed by atoms with Gasteiger partial charge in [0.25, 0.3) is 5.56 Å². The molecule has 0 spiro atoms. The predicted molar refractivity (Wildman–Crippen MR) is 137 cm³/mol. The summed E-state index contributed by atoms with van der Waals surface area (Å²) in [7, 11) is 3.04. The van der Waals surface area contributed by atoms with Crippen molar-refractivity contribution in [3.63, 3.8) is 0 Å². The number of carbonyl (C=O) groups is 1. The minimum Gasteiger partial charge on any atom is -0.493 e. The standard InChI is InChI=1S/C26H27N3O5S/c1-5-23(24(30)27-17-10-8-16(2)9-11-17)35-26-28-20-14-22(33-4)21(32-3)13-19(20)25(31)29(26)15-18-7-6-12-34-18/h6-14,23H,5,15H2,1-4H3,(H,27,30)/t23-/m1/s1. The highest BCUT2D eigenvalue weighted by Gasteiger charge is 2.23. The van der Waals surface area contributed by atoms with Crippen molar-refractivity contribution in [2.75, 3.05) is 19.5 Å². The molecule has 0 fully saturated rings.